The van der Waals surface area contributed by atoms with E-state index in [0.717, 1.165) is 0 Å². The van der Waals surface area contributed by atoms with E-state index >= 15 is 0 Å². The smallest absolute Gasteiger partial charge is 0.316 e. The summed E-state index contributed by atoms with van der Waals surface area (Å²) in [7, 11) is 4.92. The number of hydrogen-bond donors (Lipinski definition) is 3. The zero-order valence-corrected chi connectivity index (χ0v) is 12.6. The zero-order valence-electron chi connectivity index (χ0n) is 12.6. The fourth-order valence-electron chi connectivity index (χ4n) is 1.52. The maximum Gasteiger partial charge on any atom is 0.316 e. The van der Waals surface area contributed by atoms with Crippen molar-refractivity contribution in [1.82, 2.24) is 15.5 Å². The number of nitrogens with zero attached hydrogens (tertiary/aromatic N) is 1. The average molecular weight is 294 g/mol. The maximum absolute atomic E-state index is 11.7. The van der Waals surface area contributed by atoms with Crippen LogP contribution in [0.1, 0.15) is 0 Å². The van der Waals surface area contributed by atoms with Gasteiger partial charge in [0.05, 0.1) is 13.7 Å². The first kappa shape index (κ1) is 16.8. The zero-order chi connectivity index (χ0) is 15.7. The Balaban J connectivity index is 2.21. The Bertz CT molecular complexity index is 477. The number of ether oxygens (including phenoxy) is 1. The number of carbonyl (C=O) groups excluding carboxylic acids is 2. The van der Waals surface area contributed by atoms with Crippen LogP contribution in [0.3, 0.4) is 0 Å². The largest absolute Gasteiger partial charge is 0.497 e. The quantitative estimate of drug-likeness (QED) is 0.639. The number of urea groups is 1. The molecule has 7 heteroatoms. The van der Waals surface area contributed by atoms with Gasteiger partial charge in [-0.3, -0.25) is 4.79 Å². The monoisotopic (exact) mass is 294 g/mol. The molecule has 116 valence electrons. The highest BCUT2D eigenvalue weighted by atomic mass is 16.5. The molecule has 0 aliphatic rings. The first-order valence-electron chi connectivity index (χ1n) is 6.62. The van der Waals surface area contributed by atoms with Crippen LogP contribution < -0.4 is 20.7 Å². The van der Waals surface area contributed by atoms with E-state index in [9.17, 15) is 9.59 Å². The van der Waals surface area contributed by atoms with Crippen molar-refractivity contribution in [1.29, 1.82) is 0 Å². The topological polar surface area (TPSA) is 82.7 Å². The van der Waals surface area contributed by atoms with Gasteiger partial charge in [0, 0.05) is 38.9 Å². The van der Waals surface area contributed by atoms with Crippen LogP contribution in [0.15, 0.2) is 24.3 Å². The summed E-state index contributed by atoms with van der Waals surface area (Å²) in [4.78, 5) is 24.4. The van der Waals surface area contributed by atoms with Gasteiger partial charge in [-0.05, 0) is 12.1 Å². The van der Waals surface area contributed by atoms with Crippen molar-refractivity contribution in [2.75, 3.05) is 46.2 Å². The molecule has 0 atom stereocenters. The lowest BCUT2D eigenvalue weighted by molar-refractivity contribution is -0.115. The summed E-state index contributed by atoms with van der Waals surface area (Å²) < 4.78 is 5.08. The molecule has 0 aliphatic carbocycles. The fourth-order valence-corrected chi connectivity index (χ4v) is 1.52. The maximum atomic E-state index is 11.7. The van der Waals surface area contributed by atoms with E-state index in [1.807, 2.05) is 0 Å². The number of nitrogens with one attached hydrogen (secondary N) is 3. The van der Waals surface area contributed by atoms with Gasteiger partial charge in [-0.25, -0.2) is 4.79 Å². The summed E-state index contributed by atoms with van der Waals surface area (Å²) in [5.41, 5.74) is 0.682. The minimum absolute atomic E-state index is 0.151. The van der Waals surface area contributed by atoms with Gasteiger partial charge >= 0.3 is 6.03 Å². The van der Waals surface area contributed by atoms with E-state index < -0.39 is 0 Å². The van der Waals surface area contributed by atoms with Crippen LogP contribution in [0.2, 0.25) is 0 Å². The molecular formula is C14H22N4O3. The van der Waals surface area contributed by atoms with Gasteiger partial charge in [-0.2, -0.15) is 0 Å². The molecule has 0 aliphatic heterocycles. The first-order chi connectivity index (χ1) is 10.0. The Hall–Kier alpha value is -2.28. The molecule has 1 rings (SSSR count). The molecule has 0 radical (unpaired) electrons. The van der Waals surface area contributed by atoms with Crippen molar-refractivity contribution in [2.24, 2.45) is 0 Å². The number of rotatable bonds is 7. The molecule has 0 saturated heterocycles. The van der Waals surface area contributed by atoms with Crippen LogP contribution >= 0.6 is 0 Å². The SMILES string of the molecule is COc1cccc(NC(=O)CNCCNC(=O)N(C)C)c1. The van der Waals surface area contributed by atoms with Crippen molar-refractivity contribution in [3.63, 3.8) is 0 Å². The lowest BCUT2D eigenvalue weighted by Gasteiger charge is -2.12. The van der Waals surface area contributed by atoms with Crippen LogP contribution in [0.25, 0.3) is 0 Å². The number of carbonyl (C=O) groups is 2. The van der Waals surface area contributed by atoms with Crippen molar-refractivity contribution in [3.8, 4) is 5.75 Å². The predicted octanol–water partition coefficient (Wildman–Crippen LogP) is 0.495. The standard InChI is InChI=1S/C14H22N4O3/c1-18(2)14(20)16-8-7-15-10-13(19)17-11-5-4-6-12(9-11)21-3/h4-6,9,15H,7-8,10H2,1-3H3,(H,16,20)(H,17,19). The summed E-state index contributed by atoms with van der Waals surface area (Å²) in [6.45, 7) is 1.16. The van der Waals surface area contributed by atoms with E-state index in [0.29, 0.717) is 24.5 Å². The second kappa shape index (κ2) is 8.80. The Morgan fingerprint density at radius 1 is 1.24 bits per heavy atom. The van der Waals surface area contributed by atoms with Crippen LogP contribution in [-0.2, 0) is 4.79 Å². The van der Waals surface area contributed by atoms with E-state index in [2.05, 4.69) is 16.0 Å². The highest BCUT2D eigenvalue weighted by Crippen LogP contribution is 2.16. The highest BCUT2D eigenvalue weighted by molar-refractivity contribution is 5.92. The van der Waals surface area contributed by atoms with E-state index in [1.54, 1.807) is 45.5 Å². The second-order valence-corrected chi connectivity index (χ2v) is 4.58. The molecule has 0 saturated carbocycles. The lowest BCUT2D eigenvalue weighted by atomic mass is 10.3. The minimum atomic E-state index is -0.155. The Morgan fingerprint density at radius 3 is 2.67 bits per heavy atom. The molecule has 21 heavy (non-hydrogen) atoms. The van der Waals surface area contributed by atoms with Crippen LogP contribution in [0.5, 0.6) is 5.75 Å². The first-order valence-corrected chi connectivity index (χ1v) is 6.62. The molecule has 0 unspecified atom stereocenters. The molecule has 3 N–H and O–H groups in total. The van der Waals surface area contributed by atoms with Gasteiger partial charge in [0.15, 0.2) is 0 Å². The second-order valence-electron chi connectivity index (χ2n) is 4.58. The lowest BCUT2D eigenvalue weighted by Crippen LogP contribution is -2.39. The number of methoxy groups -OCH3 is 1. The average Bonchev–Trinajstić information content (AvgIpc) is 2.46. The van der Waals surface area contributed by atoms with Crippen molar-refractivity contribution >= 4 is 17.6 Å². The van der Waals surface area contributed by atoms with E-state index in [4.69, 9.17) is 4.74 Å². The van der Waals surface area contributed by atoms with E-state index in [-0.39, 0.29) is 18.5 Å². The van der Waals surface area contributed by atoms with Crippen molar-refractivity contribution in [2.45, 2.75) is 0 Å². The van der Waals surface area contributed by atoms with Crippen molar-refractivity contribution in [3.05, 3.63) is 24.3 Å². The summed E-state index contributed by atoms with van der Waals surface area (Å²) in [6, 6.07) is 6.99. The van der Waals surface area contributed by atoms with Gasteiger partial charge < -0.3 is 25.6 Å². The van der Waals surface area contributed by atoms with E-state index in [1.165, 1.54) is 4.90 Å². The molecular weight excluding hydrogens is 272 g/mol. The fraction of sp³-hybridized carbons (Fsp3) is 0.429. The van der Waals surface area contributed by atoms with Crippen LogP contribution in [0, 0.1) is 0 Å². The van der Waals surface area contributed by atoms with Gasteiger partial charge in [-0.1, -0.05) is 6.07 Å². The number of amides is 3. The minimum Gasteiger partial charge on any atom is -0.497 e. The molecule has 0 aromatic heterocycles. The predicted molar refractivity (Wildman–Crippen MR) is 81.6 cm³/mol. The van der Waals surface area contributed by atoms with Gasteiger partial charge in [0.25, 0.3) is 0 Å². The molecule has 3 amide bonds. The highest BCUT2D eigenvalue weighted by Gasteiger charge is 2.04. The molecule has 1 aromatic carbocycles. The molecule has 1 aromatic rings. The Morgan fingerprint density at radius 2 is 2.00 bits per heavy atom. The Labute approximate surface area is 124 Å². The third kappa shape index (κ3) is 6.62. The van der Waals surface area contributed by atoms with Gasteiger partial charge in [-0.15, -0.1) is 0 Å². The number of anilines is 1. The normalized spacial score (nSPS) is 9.86. The van der Waals surface area contributed by atoms with Crippen molar-refractivity contribution < 1.29 is 14.3 Å². The third-order valence-corrected chi connectivity index (χ3v) is 2.62. The van der Waals surface area contributed by atoms with Gasteiger partial charge in [0.1, 0.15) is 5.75 Å². The number of hydrogen-bond acceptors (Lipinski definition) is 4. The third-order valence-electron chi connectivity index (χ3n) is 2.62. The number of benzene rings is 1. The molecule has 0 fully saturated rings. The van der Waals surface area contributed by atoms with Crippen LogP contribution in [0.4, 0.5) is 10.5 Å². The molecule has 7 nitrogen and oxygen atoms in total. The molecule has 0 bridgehead atoms. The van der Waals surface area contributed by atoms with Crippen LogP contribution in [-0.4, -0.2) is 57.7 Å². The molecule has 0 heterocycles. The molecule has 0 spiro atoms. The van der Waals surface area contributed by atoms with Gasteiger partial charge in [0.2, 0.25) is 5.91 Å². The summed E-state index contributed by atoms with van der Waals surface area (Å²) in [5.74, 6) is 0.536. The Kier molecular flexibility index (Phi) is 7.03. The summed E-state index contributed by atoms with van der Waals surface area (Å²) in [6.07, 6.45) is 0. The summed E-state index contributed by atoms with van der Waals surface area (Å²) >= 11 is 0. The summed E-state index contributed by atoms with van der Waals surface area (Å²) in [5, 5.41) is 8.41.